The Labute approximate surface area is 523 Å². The molecule has 0 saturated heterocycles. The van der Waals surface area contributed by atoms with E-state index in [2.05, 4.69) is 0 Å². The van der Waals surface area contributed by atoms with Crippen LogP contribution in [0.1, 0.15) is 5.56 Å². The Morgan fingerprint density at radius 3 is 0.862 bits per heavy atom. The Balaban J connectivity index is 0. The maximum Gasteiger partial charge on any atom is 1.00 e. The summed E-state index contributed by atoms with van der Waals surface area (Å²) >= 11 is 0. The van der Waals surface area contributed by atoms with Gasteiger partial charge in [0.1, 0.15) is 22.7 Å². The predicted molar refractivity (Wildman–Crippen MR) is 323 cm³/mol. The number of anilines is 6. The van der Waals surface area contributed by atoms with E-state index in [-0.39, 0.29) is 89.9 Å². The molecule has 0 atom stereocenters. The first-order valence-electron chi connectivity index (χ1n) is 22.7. The van der Waals surface area contributed by atoms with Gasteiger partial charge in [-0.3, -0.25) is 63.5 Å². The smallest absolute Gasteiger partial charge is 0.870 e. The zero-order valence-corrected chi connectivity index (χ0v) is 54.5. The van der Waals surface area contributed by atoms with E-state index in [4.69, 9.17) is 11.5 Å². The molecule has 472 valence electrons. The van der Waals surface area contributed by atoms with Crippen molar-refractivity contribution in [1.29, 1.82) is 0 Å². The van der Waals surface area contributed by atoms with E-state index in [1.807, 2.05) is 0 Å². The van der Waals surface area contributed by atoms with Gasteiger partial charge in [-0.2, -0.15) is 3.71 Å². The normalized spacial score (nSPS) is 10.9. The summed E-state index contributed by atoms with van der Waals surface area (Å²) in [6.45, 7) is 0. The van der Waals surface area contributed by atoms with Crippen molar-refractivity contribution in [2.45, 2.75) is 5.75 Å². The van der Waals surface area contributed by atoms with Crippen LogP contribution in [0.5, 0.6) is 0 Å². The largest absolute Gasteiger partial charge is 1.00 e. The van der Waals surface area contributed by atoms with Gasteiger partial charge in [0.05, 0.1) is 73.0 Å². The van der Waals surface area contributed by atoms with Gasteiger partial charge in [0.2, 0.25) is 50.1 Å². The first-order chi connectivity index (χ1) is 38.8. The molecule has 5 N–H and O–H groups in total. The van der Waals surface area contributed by atoms with Gasteiger partial charge >= 0.3 is 29.6 Å². The number of para-hydroxylation sites is 11. The van der Waals surface area contributed by atoms with Crippen LogP contribution in [0.25, 0.3) is 0 Å². The van der Waals surface area contributed by atoms with Gasteiger partial charge in [-0.15, -0.1) is 0 Å². The molecule has 0 amide bonds. The Hall–Kier alpha value is -8.22. The van der Waals surface area contributed by atoms with E-state index in [0.29, 0.717) is 23.9 Å². The van der Waals surface area contributed by atoms with Crippen LogP contribution in [0, 0.1) is 50.6 Å². The summed E-state index contributed by atoms with van der Waals surface area (Å²) in [5, 5.41) is 52.7. The summed E-state index contributed by atoms with van der Waals surface area (Å²) in [5.74, 6) is -0.301. The quantitative estimate of drug-likeness (QED) is 0.0606. The molecule has 0 radical (unpaired) electrons. The third-order valence-corrected chi connectivity index (χ3v) is 17.9. The fourth-order valence-electron chi connectivity index (χ4n) is 6.20. The average Bonchev–Trinajstić information content (AvgIpc) is 2.83. The number of benzene rings is 6. The molecular weight excluding hydrogens is 1290 g/mol. The molecule has 0 fully saturated rings. The van der Waals surface area contributed by atoms with E-state index < -0.39 is 95.9 Å². The first-order valence-corrected chi connectivity index (χ1v) is 34.0. The number of nitrogens with zero attached hydrogens (tertiary/aromatic N) is 9. The van der Waals surface area contributed by atoms with Gasteiger partial charge in [0, 0.05) is 63.3 Å². The van der Waals surface area contributed by atoms with Gasteiger partial charge in [-0.25, -0.2) is 50.5 Å². The number of rotatable bonds is 16. The number of nitrogens with two attached hydrogens (primary N) is 2. The third-order valence-electron chi connectivity index (χ3n) is 10.2. The standard InChI is InChI=1S/C8H10N2O6S2.2C8H10N2O4S.C8H12N2O2S.C8H9NO4S.C6H6N2O2.Na.H2O/c1-17(13,14)10(18(2,15)16)8-6-4-3-5-7(8)9(11)12;2*1-9(15(2,13)14)7-5-3-4-6-8(7)10(11)12;1-10(13(2,11)12)8-6-4-3-5-7(8)9;1-14(12,13)6-7-4-2-3-5-8(7)9(10)11;7-5-3-1-2-4-6(5)8(9)10;;/h3-6H,1-2H3;2*3-6H,1-2H3;3-6H,9H2,1-2H3;2-5H,6H2,1H3;1-4H,7H2;;1H2/q;;;;;;+1;/p-1. The molecule has 0 spiro atoms. The van der Waals surface area contributed by atoms with Crippen LogP contribution < -0.4 is 57.7 Å². The van der Waals surface area contributed by atoms with Crippen molar-refractivity contribution in [2.24, 2.45) is 0 Å². The zero-order chi connectivity index (χ0) is 65.8. The van der Waals surface area contributed by atoms with Crippen molar-refractivity contribution in [1.82, 2.24) is 0 Å². The van der Waals surface area contributed by atoms with E-state index in [9.17, 15) is 101 Å². The topological polar surface area (TPSA) is 516 Å². The summed E-state index contributed by atoms with van der Waals surface area (Å²) in [4.78, 5) is 49.5. The van der Waals surface area contributed by atoms with Gasteiger partial charge in [-0.05, 0) is 36.4 Å². The number of nitro benzene ring substituents is 5. The SMILES string of the molecule is CN(c1ccccc1N)S(C)(=O)=O.CN(c1ccccc1[N+](=O)[O-])S(C)(=O)=O.CN(c1ccccc1[N+](=O)[O-])S(C)(=O)=O.CS(=O)(=O)Cc1ccccc1[N+](=O)[O-].CS(=O)(=O)N(c1ccccc1[N+](=O)[O-])S(C)(=O)=O.Nc1ccccc1[N+](=O)[O-].[Na+].[OH-]. The molecule has 0 heterocycles. The second kappa shape index (κ2) is 34.2. The molecule has 0 aliphatic carbocycles. The maximum atomic E-state index is 11.5. The summed E-state index contributed by atoms with van der Waals surface area (Å²) in [6.07, 6.45) is 5.48. The molecule has 0 bridgehead atoms. The van der Waals surface area contributed by atoms with Crippen LogP contribution >= 0.6 is 0 Å². The van der Waals surface area contributed by atoms with E-state index in [0.717, 1.165) is 50.1 Å². The van der Waals surface area contributed by atoms with E-state index >= 15 is 0 Å². The minimum Gasteiger partial charge on any atom is -0.870 e. The second-order valence-electron chi connectivity index (χ2n) is 17.0. The molecule has 41 heteroatoms. The van der Waals surface area contributed by atoms with E-state index in [1.165, 1.54) is 100 Å². The molecular formula is C46H58N11NaO23S6. The minimum atomic E-state index is -4.19. The van der Waals surface area contributed by atoms with Crippen molar-refractivity contribution in [3.8, 4) is 0 Å². The van der Waals surface area contributed by atoms with Crippen molar-refractivity contribution in [3.05, 3.63) is 202 Å². The fraction of sp³-hybridized carbons (Fsp3) is 0.217. The molecule has 6 aromatic rings. The van der Waals surface area contributed by atoms with Crippen LogP contribution in [0.3, 0.4) is 0 Å². The Morgan fingerprint density at radius 1 is 0.345 bits per heavy atom. The molecule has 0 aliphatic heterocycles. The van der Waals surface area contributed by atoms with Crippen molar-refractivity contribution in [2.75, 3.05) is 86.8 Å². The van der Waals surface area contributed by atoms with Crippen molar-refractivity contribution in [3.63, 3.8) is 0 Å². The number of nitro groups is 5. The summed E-state index contributed by atoms with van der Waals surface area (Å²) in [6, 6.07) is 34.8. The summed E-state index contributed by atoms with van der Waals surface area (Å²) in [5.41, 5.74) is 10.6. The number of hydrogen-bond acceptors (Lipinski definition) is 25. The minimum absolute atomic E-state index is 0. The van der Waals surface area contributed by atoms with Crippen LogP contribution in [0.4, 0.5) is 62.6 Å². The van der Waals surface area contributed by atoms with Gasteiger partial charge in [0.15, 0.2) is 9.84 Å². The number of hydrogen-bond donors (Lipinski definition) is 2. The van der Waals surface area contributed by atoms with E-state index in [1.54, 1.807) is 54.6 Å². The zero-order valence-electron chi connectivity index (χ0n) is 47.6. The first kappa shape index (κ1) is 80.8. The van der Waals surface area contributed by atoms with Crippen LogP contribution in [-0.2, 0) is 65.7 Å². The van der Waals surface area contributed by atoms with Crippen molar-refractivity contribution >= 4 is 123 Å². The van der Waals surface area contributed by atoms with Crippen molar-refractivity contribution < 1.29 is 110 Å². The Morgan fingerprint density at radius 2 is 0.586 bits per heavy atom. The van der Waals surface area contributed by atoms with Crippen LogP contribution in [0.15, 0.2) is 146 Å². The average molecular weight is 1350 g/mol. The molecule has 0 unspecified atom stereocenters. The second-order valence-corrected chi connectivity index (χ2v) is 29.1. The maximum absolute atomic E-state index is 11.5. The summed E-state index contributed by atoms with van der Waals surface area (Å²) in [7, 11) is -17.8. The van der Waals surface area contributed by atoms with Crippen LogP contribution in [0.2, 0.25) is 0 Å². The molecule has 0 saturated carbocycles. The van der Waals surface area contributed by atoms with Gasteiger partial charge < -0.3 is 16.9 Å². The monoisotopic (exact) mass is 1350 g/mol. The molecule has 6 rings (SSSR count). The number of nitrogen functional groups attached to an aromatic ring is 2. The molecule has 0 aliphatic rings. The third kappa shape index (κ3) is 26.9. The molecule has 34 nitrogen and oxygen atoms in total. The van der Waals surface area contributed by atoms with Gasteiger partial charge in [-0.1, -0.05) is 78.9 Å². The Kier molecular flexibility index (Phi) is 31.8. The molecule has 6 aromatic carbocycles. The predicted octanol–water partition coefficient (Wildman–Crippen LogP) is 2.11. The number of sulfonamides is 5. The molecule has 0 aromatic heterocycles. The fourth-order valence-corrected chi connectivity index (χ4v) is 11.6. The molecule has 87 heavy (non-hydrogen) atoms. The summed E-state index contributed by atoms with van der Waals surface area (Å²) < 4.78 is 138. The number of sulfone groups is 1. The Bertz CT molecular complexity index is 3990. The van der Waals surface area contributed by atoms with Crippen LogP contribution in [-0.4, -0.2) is 139 Å². The van der Waals surface area contributed by atoms with Gasteiger partial charge in [0.25, 0.3) is 28.4 Å².